The van der Waals surface area contributed by atoms with Gasteiger partial charge in [0.2, 0.25) is 0 Å². The molecule has 0 amide bonds. The number of rotatable bonds is 2. The molecule has 0 saturated carbocycles. The van der Waals surface area contributed by atoms with Gasteiger partial charge in [-0.15, -0.1) is 39.7 Å². The third kappa shape index (κ3) is 7.75. The van der Waals surface area contributed by atoms with Crippen molar-refractivity contribution < 1.29 is 49.0 Å². The quantitative estimate of drug-likeness (QED) is 0.228. The molecule has 0 nitrogen and oxygen atoms in total. The summed E-state index contributed by atoms with van der Waals surface area (Å²) in [6.07, 6.45) is 13.8. The van der Waals surface area contributed by atoms with E-state index in [-0.39, 0.29) is 35.6 Å². The fraction of sp³-hybridized carbons (Fsp3) is 0.349. The first-order chi connectivity index (χ1) is 20.6. The summed E-state index contributed by atoms with van der Waals surface area (Å²) in [6.45, 7) is 22.7. The molecule has 240 valence electrons. The van der Waals surface area contributed by atoms with Gasteiger partial charge in [0, 0.05) is 10.8 Å². The van der Waals surface area contributed by atoms with Gasteiger partial charge in [-0.05, 0) is 36.1 Å². The summed E-state index contributed by atoms with van der Waals surface area (Å²) >= 11 is 1.46. The molecule has 4 aromatic carbocycles. The fourth-order valence-corrected chi connectivity index (χ4v) is 7.45. The van der Waals surface area contributed by atoms with Gasteiger partial charge >= 0.3 is 63.8 Å². The molecule has 0 spiro atoms. The summed E-state index contributed by atoms with van der Waals surface area (Å²) in [5.41, 5.74) is 12.0. The van der Waals surface area contributed by atoms with Crippen molar-refractivity contribution in [2.75, 3.05) is 0 Å². The molecular formula is C43H48Cl2Zr-2. The van der Waals surface area contributed by atoms with Gasteiger partial charge in [0.1, 0.15) is 0 Å². The van der Waals surface area contributed by atoms with Crippen molar-refractivity contribution in [1.29, 1.82) is 0 Å². The second-order valence-electron chi connectivity index (χ2n) is 15.0. The minimum absolute atomic E-state index is 0. The standard InChI is InChI=1S/C25H25.C11H17.C7H6.2ClH.Zr/c1-14-12-24(3,4)22-8-16-7-17-9-23-19(15(2)13-25(23,5)6)11-21(17)20(16)10-18(14)22;1-5-9-6-7-10(8-9)11(2,3)4;1-7-5-3-2-4-6-7;;;/h7-13H,1-6H3;7-9H,5H2,1-4H3;1-6H;2*1H;/q2*-1;;;;+2/p-2. The van der Waals surface area contributed by atoms with Crippen LogP contribution in [-0.4, -0.2) is 3.71 Å². The van der Waals surface area contributed by atoms with Crippen LogP contribution in [0.3, 0.4) is 0 Å². The van der Waals surface area contributed by atoms with Crippen LogP contribution in [0.15, 0.2) is 90.5 Å². The summed E-state index contributed by atoms with van der Waals surface area (Å²) in [5, 5.41) is 5.57. The van der Waals surface area contributed by atoms with Crippen LogP contribution in [0.25, 0.3) is 32.7 Å². The van der Waals surface area contributed by atoms with Crippen LogP contribution in [-0.2, 0) is 35.1 Å². The van der Waals surface area contributed by atoms with Crippen molar-refractivity contribution in [2.45, 2.75) is 86.5 Å². The number of fused-ring (bicyclic) bond motifs is 5. The van der Waals surface area contributed by atoms with E-state index in [1.807, 2.05) is 6.07 Å². The van der Waals surface area contributed by atoms with Crippen LogP contribution < -0.4 is 24.8 Å². The molecule has 0 N–H and O–H groups in total. The molecule has 3 heteroatoms. The van der Waals surface area contributed by atoms with Gasteiger partial charge in [0.05, 0.1) is 0 Å². The summed E-state index contributed by atoms with van der Waals surface area (Å²) in [4.78, 5) is 0. The summed E-state index contributed by atoms with van der Waals surface area (Å²) in [5.74, 6) is 0.573. The van der Waals surface area contributed by atoms with E-state index < -0.39 is 0 Å². The van der Waals surface area contributed by atoms with E-state index in [0.29, 0.717) is 11.3 Å². The van der Waals surface area contributed by atoms with Gasteiger partial charge < -0.3 is 24.8 Å². The molecule has 0 bridgehead atoms. The van der Waals surface area contributed by atoms with E-state index in [4.69, 9.17) is 0 Å². The summed E-state index contributed by atoms with van der Waals surface area (Å²) in [6, 6.07) is 22.4. The van der Waals surface area contributed by atoms with E-state index in [1.165, 1.54) is 96.7 Å². The molecular weight excluding hydrogens is 679 g/mol. The Labute approximate surface area is 305 Å². The molecule has 0 aliphatic heterocycles. The van der Waals surface area contributed by atoms with Gasteiger partial charge in [-0.3, -0.25) is 6.08 Å². The second kappa shape index (κ2) is 14.5. The molecule has 0 radical (unpaired) electrons. The topological polar surface area (TPSA) is 0 Å². The molecule has 0 fully saturated rings. The zero-order valence-corrected chi connectivity index (χ0v) is 33.2. The Bertz CT molecular complexity index is 1760. The first-order valence-electron chi connectivity index (χ1n) is 16.1. The molecule has 1 atom stereocenters. The van der Waals surface area contributed by atoms with E-state index in [2.05, 4.69) is 158 Å². The zero-order valence-electron chi connectivity index (χ0n) is 29.2. The zero-order chi connectivity index (χ0) is 32.0. The normalized spacial score (nSPS) is 18.1. The van der Waals surface area contributed by atoms with Crippen LogP contribution in [0.1, 0.15) is 103 Å². The molecule has 0 saturated heterocycles. The van der Waals surface area contributed by atoms with Gasteiger partial charge in [-0.25, -0.2) is 6.08 Å². The molecule has 3 aliphatic rings. The number of allylic oxidation sites excluding steroid dienone is 8. The average molecular weight is 727 g/mol. The Balaban J connectivity index is 0.000000229. The number of hydrogen-bond acceptors (Lipinski definition) is 0. The molecule has 3 aliphatic carbocycles. The van der Waals surface area contributed by atoms with Crippen molar-refractivity contribution in [3.63, 3.8) is 0 Å². The molecule has 4 aromatic rings. The summed E-state index contributed by atoms with van der Waals surface area (Å²) in [7, 11) is 0. The molecule has 0 aromatic heterocycles. The first kappa shape index (κ1) is 38.3. The van der Waals surface area contributed by atoms with Crippen LogP contribution in [0.5, 0.6) is 0 Å². The van der Waals surface area contributed by atoms with Crippen molar-refractivity contribution in [3.05, 3.63) is 124 Å². The number of benzene rings is 3. The van der Waals surface area contributed by atoms with Gasteiger partial charge in [-0.1, -0.05) is 109 Å². The average Bonchev–Trinajstić information content (AvgIpc) is 3.70. The maximum absolute atomic E-state index is 3.35. The maximum atomic E-state index is 3.35. The van der Waals surface area contributed by atoms with E-state index in [0.717, 1.165) is 0 Å². The Morgan fingerprint density at radius 3 is 1.63 bits per heavy atom. The Hall–Kier alpha value is -2.18. The van der Waals surface area contributed by atoms with Gasteiger partial charge in [0.15, 0.2) is 0 Å². The van der Waals surface area contributed by atoms with Crippen LogP contribution in [0.2, 0.25) is 0 Å². The monoisotopic (exact) mass is 724 g/mol. The molecule has 46 heavy (non-hydrogen) atoms. The predicted molar refractivity (Wildman–Crippen MR) is 191 cm³/mol. The number of halogens is 2. The molecule has 7 rings (SSSR count). The molecule has 0 heterocycles. The van der Waals surface area contributed by atoms with Crippen LogP contribution >= 0.6 is 0 Å². The van der Waals surface area contributed by atoms with Gasteiger partial charge in [-0.2, -0.15) is 11.6 Å². The minimum atomic E-state index is 0. The van der Waals surface area contributed by atoms with E-state index in [1.54, 1.807) is 0 Å². The SMILES string of the molecule is CC1=CC(C)(C)c2cc3[cH-]c4cc5c(cc4c3cc21)C(C)=CC5(C)C.CCC1[C-]=CC(C(C)(C)C)=C1.[Cl-].[Cl-].[Zr+2]=[CH]c1ccccc1. The second-order valence-corrected chi connectivity index (χ2v) is 15.7. The Kier molecular flexibility index (Phi) is 12.1. The van der Waals surface area contributed by atoms with Crippen LogP contribution in [0.4, 0.5) is 0 Å². The number of hydrogen-bond donors (Lipinski definition) is 0. The Morgan fingerprint density at radius 2 is 1.28 bits per heavy atom. The third-order valence-corrected chi connectivity index (χ3v) is 10.3. The fourth-order valence-electron chi connectivity index (χ4n) is 6.98. The van der Waals surface area contributed by atoms with Gasteiger partial charge in [0.25, 0.3) is 0 Å². The predicted octanol–water partition coefficient (Wildman–Crippen LogP) is 5.85. The van der Waals surface area contributed by atoms with Crippen molar-refractivity contribution in [1.82, 2.24) is 0 Å². The van der Waals surface area contributed by atoms with Crippen molar-refractivity contribution in [2.24, 2.45) is 11.3 Å². The third-order valence-electron chi connectivity index (χ3n) is 9.48. The Morgan fingerprint density at radius 1 is 0.804 bits per heavy atom. The van der Waals surface area contributed by atoms with E-state index >= 15 is 0 Å². The van der Waals surface area contributed by atoms with Crippen molar-refractivity contribution in [3.8, 4) is 0 Å². The first-order valence-corrected chi connectivity index (χ1v) is 17.6. The molecule has 1 unspecified atom stereocenters. The van der Waals surface area contributed by atoms with Crippen LogP contribution in [0, 0.1) is 17.4 Å². The van der Waals surface area contributed by atoms with E-state index in [9.17, 15) is 0 Å². The van der Waals surface area contributed by atoms with Crippen molar-refractivity contribution >= 4 is 36.4 Å². The summed E-state index contributed by atoms with van der Waals surface area (Å²) < 4.78 is 2.17.